The van der Waals surface area contributed by atoms with Gasteiger partial charge in [0.05, 0.1) is 17.2 Å². The van der Waals surface area contributed by atoms with E-state index in [4.69, 9.17) is 25.5 Å². The highest BCUT2D eigenvalue weighted by molar-refractivity contribution is 7.13. The lowest BCUT2D eigenvalue weighted by Crippen LogP contribution is -2.23. The van der Waals surface area contributed by atoms with Crippen LogP contribution in [-0.4, -0.2) is 33.4 Å². The summed E-state index contributed by atoms with van der Waals surface area (Å²) in [6, 6.07) is 3.86. The molecule has 0 amide bonds. The first-order valence-corrected chi connectivity index (χ1v) is 10.0. The van der Waals surface area contributed by atoms with Gasteiger partial charge in [0.15, 0.2) is 11.5 Å². The summed E-state index contributed by atoms with van der Waals surface area (Å²) in [5.41, 5.74) is 3.70. The van der Waals surface area contributed by atoms with Crippen LogP contribution in [0.1, 0.15) is 36.0 Å². The molecule has 27 heavy (non-hydrogen) atoms. The summed E-state index contributed by atoms with van der Waals surface area (Å²) < 4.78 is 16.9. The monoisotopic (exact) mass is 404 g/mol. The van der Waals surface area contributed by atoms with Crippen molar-refractivity contribution in [2.45, 2.75) is 32.4 Å². The fourth-order valence-electron chi connectivity index (χ4n) is 3.56. The highest BCUT2D eigenvalue weighted by Gasteiger charge is 2.32. The molecule has 0 spiro atoms. The van der Waals surface area contributed by atoms with Gasteiger partial charge in [0.2, 0.25) is 12.7 Å². The number of halogens is 1. The van der Waals surface area contributed by atoms with Gasteiger partial charge in [0.1, 0.15) is 4.88 Å². The molecule has 1 atom stereocenters. The molecule has 5 rings (SSSR count). The molecule has 140 valence electrons. The van der Waals surface area contributed by atoms with Crippen LogP contribution in [0.25, 0.3) is 10.8 Å². The van der Waals surface area contributed by atoms with Crippen molar-refractivity contribution in [2.75, 3.05) is 13.3 Å². The van der Waals surface area contributed by atoms with Crippen LogP contribution in [0, 0.1) is 6.92 Å². The van der Waals surface area contributed by atoms with Crippen LogP contribution in [0.15, 0.2) is 22.1 Å². The summed E-state index contributed by atoms with van der Waals surface area (Å²) in [5, 5.41) is 9.22. The molecular weight excluding hydrogens is 388 g/mol. The minimum absolute atomic E-state index is 0.0842. The Morgan fingerprint density at radius 1 is 1.26 bits per heavy atom. The van der Waals surface area contributed by atoms with E-state index in [0.29, 0.717) is 29.1 Å². The molecule has 3 aromatic rings. The van der Waals surface area contributed by atoms with Gasteiger partial charge in [-0.3, -0.25) is 4.90 Å². The molecule has 1 saturated heterocycles. The fraction of sp³-hybridized carbons (Fsp3) is 0.389. The number of rotatable bonds is 4. The first-order valence-electron chi connectivity index (χ1n) is 8.75. The van der Waals surface area contributed by atoms with E-state index < -0.39 is 0 Å². The number of likely N-dealkylation sites (tertiary alicyclic amines) is 1. The number of aryl methyl sites for hydroxylation is 1. The topological polar surface area (TPSA) is 73.5 Å². The van der Waals surface area contributed by atoms with E-state index in [0.717, 1.165) is 41.3 Å². The maximum absolute atomic E-state index is 6.45. The Balaban J connectivity index is 1.39. The summed E-state index contributed by atoms with van der Waals surface area (Å²) in [7, 11) is 0. The quantitative estimate of drug-likeness (QED) is 0.644. The standard InChI is InChI=1S/C18H17ClN4O3S/c1-10-16(27-8-20-10)18-22-21-17(26-18)13-3-2-4-23(13)7-11-5-14-15(6-12(11)19)25-9-24-14/h5-6,8,13H,2-4,7,9H2,1H3. The van der Waals surface area contributed by atoms with Crippen LogP contribution in [0.2, 0.25) is 5.02 Å². The molecule has 2 aliphatic heterocycles. The number of hydrogen-bond acceptors (Lipinski definition) is 8. The van der Waals surface area contributed by atoms with E-state index in [9.17, 15) is 0 Å². The molecule has 9 heteroatoms. The second-order valence-electron chi connectivity index (χ2n) is 6.64. The average Bonchev–Trinajstić information content (AvgIpc) is 3.41. The minimum Gasteiger partial charge on any atom is -0.454 e. The van der Waals surface area contributed by atoms with Crippen LogP contribution in [0.3, 0.4) is 0 Å². The van der Waals surface area contributed by atoms with Gasteiger partial charge in [-0.1, -0.05) is 11.6 Å². The molecule has 0 saturated carbocycles. The predicted octanol–water partition coefficient (Wildman–Crippen LogP) is 4.22. The van der Waals surface area contributed by atoms with Crippen LogP contribution in [0.4, 0.5) is 0 Å². The molecule has 0 bridgehead atoms. The zero-order valence-electron chi connectivity index (χ0n) is 14.6. The molecule has 0 radical (unpaired) electrons. The predicted molar refractivity (Wildman–Crippen MR) is 100 cm³/mol. The maximum atomic E-state index is 6.45. The van der Waals surface area contributed by atoms with Crippen LogP contribution in [-0.2, 0) is 6.54 Å². The van der Waals surface area contributed by atoms with Gasteiger partial charge in [-0.2, -0.15) is 0 Å². The van der Waals surface area contributed by atoms with Crippen LogP contribution in [0.5, 0.6) is 11.5 Å². The van der Waals surface area contributed by atoms with Crippen molar-refractivity contribution < 1.29 is 13.9 Å². The molecular formula is C18H17ClN4O3S. The van der Waals surface area contributed by atoms with Gasteiger partial charge < -0.3 is 13.9 Å². The van der Waals surface area contributed by atoms with Crippen molar-refractivity contribution in [2.24, 2.45) is 0 Å². The van der Waals surface area contributed by atoms with Crippen molar-refractivity contribution in [1.82, 2.24) is 20.1 Å². The van der Waals surface area contributed by atoms with Crippen molar-refractivity contribution >= 4 is 22.9 Å². The SMILES string of the molecule is Cc1ncsc1-c1nnc(C2CCCN2Cc2cc3c(cc2Cl)OCO3)o1. The van der Waals surface area contributed by atoms with Gasteiger partial charge in [0, 0.05) is 17.6 Å². The third kappa shape index (κ3) is 3.07. The van der Waals surface area contributed by atoms with E-state index >= 15 is 0 Å². The summed E-state index contributed by atoms with van der Waals surface area (Å²) in [6.45, 7) is 3.83. The Labute approximate surface area is 164 Å². The molecule has 1 unspecified atom stereocenters. The molecule has 7 nitrogen and oxygen atoms in total. The number of thiazole rings is 1. The second kappa shape index (κ2) is 6.78. The van der Waals surface area contributed by atoms with E-state index in [1.165, 1.54) is 11.3 Å². The number of aromatic nitrogens is 3. The summed E-state index contributed by atoms with van der Waals surface area (Å²) in [6.07, 6.45) is 2.05. The minimum atomic E-state index is 0.0842. The van der Waals surface area contributed by atoms with Crippen molar-refractivity contribution in [3.63, 3.8) is 0 Å². The number of benzene rings is 1. The molecule has 2 aromatic heterocycles. The molecule has 4 heterocycles. The van der Waals surface area contributed by atoms with Crippen LogP contribution >= 0.6 is 22.9 Å². The van der Waals surface area contributed by atoms with Gasteiger partial charge in [-0.05, 0) is 37.9 Å². The summed E-state index contributed by atoms with van der Waals surface area (Å²) >= 11 is 7.96. The maximum Gasteiger partial charge on any atom is 0.259 e. The highest BCUT2D eigenvalue weighted by atomic mass is 35.5. The van der Waals surface area contributed by atoms with Gasteiger partial charge >= 0.3 is 0 Å². The average molecular weight is 405 g/mol. The molecule has 2 aliphatic rings. The Morgan fingerprint density at radius 2 is 2.11 bits per heavy atom. The first kappa shape index (κ1) is 17.0. The Morgan fingerprint density at radius 3 is 2.93 bits per heavy atom. The Bertz CT molecular complexity index is 989. The largest absolute Gasteiger partial charge is 0.454 e. The molecule has 1 aromatic carbocycles. The number of ether oxygens (including phenoxy) is 2. The number of nitrogens with zero attached hydrogens (tertiary/aromatic N) is 4. The second-order valence-corrected chi connectivity index (χ2v) is 7.90. The molecule has 0 aliphatic carbocycles. The lowest BCUT2D eigenvalue weighted by molar-refractivity contribution is 0.174. The number of hydrogen-bond donors (Lipinski definition) is 0. The lowest BCUT2D eigenvalue weighted by atomic mass is 10.1. The normalized spacial score (nSPS) is 19.1. The van der Waals surface area contributed by atoms with Crippen molar-refractivity contribution in [1.29, 1.82) is 0 Å². The van der Waals surface area contributed by atoms with Gasteiger partial charge in [-0.25, -0.2) is 4.98 Å². The summed E-state index contributed by atoms with van der Waals surface area (Å²) in [4.78, 5) is 7.50. The molecule has 0 N–H and O–H groups in total. The van der Waals surface area contributed by atoms with E-state index in [2.05, 4.69) is 20.1 Å². The van der Waals surface area contributed by atoms with E-state index in [1.54, 1.807) is 5.51 Å². The summed E-state index contributed by atoms with van der Waals surface area (Å²) in [5.74, 6) is 2.62. The first-order chi connectivity index (χ1) is 13.2. The van der Waals surface area contributed by atoms with Crippen molar-refractivity contribution in [3.8, 4) is 22.3 Å². The number of fused-ring (bicyclic) bond motifs is 1. The van der Waals surface area contributed by atoms with E-state index in [1.807, 2.05) is 19.1 Å². The van der Waals surface area contributed by atoms with Crippen molar-refractivity contribution in [3.05, 3.63) is 39.8 Å². The zero-order chi connectivity index (χ0) is 18.4. The third-order valence-electron chi connectivity index (χ3n) is 4.94. The lowest BCUT2D eigenvalue weighted by Gasteiger charge is -2.22. The Kier molecular flexibility index (Phi) is 4.26. The van der Waals surface area contributed by atoms with Gasteiger partial charge in [0.25, 0.3) is 5.89 Å². The van der Waals surface area contributed by atoms with E-state index in [-0.39, 0.29) is 12.8 Å². The van der Waals surface area contributed by atoms with Gasteiger partial charge in [-0.15, -0.1) is 21.5 Å². The third-order valence-corrected chi connectivity index (χ3v) is 6.21. The van der Waals surface area contributed by atoms with Crippen LogP contribution < -0.4 is 9.47 Å². The Hall–Kier alpha value is -2.16. The zero-order valence-corrected chi connectivity index (χ0v) is 16.2. The highest BCUT2D eigenvalue weighted by Crippen LogP contribution is 2.40. The fourth-order valence-corrected chi connectivity index (χ4v) is 4.50. The smallest absolute Gasteiger partial charge is 0.259 e. The molecule has 1 fully saturated rings.